The molecule has 154 valence electrons. The van der Waals surface area contributed by atoms with Crippen molar-refractivity contribution in [2.75, 3.05) is 12.4 Å². The maximum atomic E-state index is 12.1. The molecule has 7 nitrogen and oxygen atoms in total. The van der Waals surface area contributed by atoms with Gasteiger partial charge in [-0.05, 0) is 74.1 Å². The molecule has 0 unspecified atom stereocenters. The summed E-state index contributed by atoms with van der Waals surface area (Å²) in [6, 6.07) is 13.1. The highest BCUT2D eigenvalue weighted by atomic mass is 32.2. The standard InChI is InChI=1S/C20H23N3O4S2/c1-14(2)23-29(25,26)18-11-7-16(8-12-18)21-20(28)22-19(24)13-6-15-4-9-17(27-3)10-5-15/h4-14,23H,1-3H3,(H2,21,22,24,28). The van der Waals surface area contributed by atoms with Crippen LogP contribution in [0, 0.1) is 0 Å². The average Bonchev–Trinajstić information content (AvgIpc) is 2.66. The maximum Gasteiger partial charge on any atom is 0.250 e. The predicted octanol–water partition coefficient (Wildman–Crippen LogP) is 2.91. The van der Waals surface area contributed by atoms with Crippen molar-refractivity contribution in [3.63, 3.8) is 0 Å². The summed E-state index contributed by atoms with van der Waals surface area (Å²) in [7, 11) is -1.97. The first-order valence-electron chi connectivity index (χ1n) is 8.76. The smallest absolute Gasteiger partial charge is 0.250 e. The van der Waals surface area contributed by atoms with Crippen molar-refractivity contribution in [1.82, 2.24) is 10.0 Å². The first-order valence-corrected chi connectivity index (χ1v) is 10.7. The minimum Gasteiger partial charge on any atom is -0.497 e. The van der Waals surface area contributed by atoms with E-state index in [0.29, 0.717) is 5.69 Å². The van der Waals surface area contributed by atoms with Gasteiger partial charge in [0.15, 0.2) is 5.11 Å². The van der Waals surface area contributed by atoms with Crippen molar-refractivity contribution in [2.45, 2.75) is 24.8 Å². The molecule has 2 rings (SSSR count). The largest absolute Gasteiger partial charge is 0.497 e. The van der Waals surface area contributed by atoms with Gasteiger partial charge in [0.25, 0.3) is 0 Å². The molecule has 9 heteroatoms. The Balaban J connectivity index is 1.91. The Labute approximate surface area is 176 Å². The molecular weight excluding hydrogens is 410 g/mol. The first-order chi connectivity index (χ1) is 13.7. The van der Waals surface area contributed by atoms with Gasteiger partial charge < -0.3 is 10.1 Å². The number of rotatable bonds is 7. The van der Waals surface area contributed by atoms with Crippen LogP contribution in [-0.4, -0.2) is 32.6 Å². The number of ether oxygens (including phenoxy) is 1. The molecule has 2 aromatic rings. The summed E-state index contributed by atoms with van der Waals surface area (Å²) in [5.74, 6) is 0.342. The van der Waals surface area contributed by atoms with E-state index >= 15 is 0 Å². The van der Waals surface area contributed by atoms with Crippen LogP contribution in [0.3, 0.4) is 0 Å². The molecule has 0 heterocycles. The van der Waals surface area contributed by atoms with Crippen LogP contribution in [0.15, 0.2) is 59.5 Å². The third-order valence-corrected chi connectivity index (χ3v) is 5.47. The van der Waals surface area contributed by atoms with E-state index in [1.807, 2.05) is 12.1 Å². The lowest BCUT2D eigenvalue weighted by Crippen LogP contribution is -2.33. The normalized spacial score (nSPS) is 11.4. The second-order valence-electron chi connectivity index (χ2n) is 6.35. The summed E-state index contributed by atoms with van der Waals surface area (Å²) in [5, 5.41) is 5.47. The van der Waals surface area contributed by atoms with Gasteiger partial charge in [0.1, 0.15) is 5.75 Å². The first kappa shape index (κ1) is 22.5. The van der Waals surface area contributed by atoms with Gasteiger partial charge in [-0.25, -0.2) is 13.1 Å². The molecule has 0 aliphatic heterocycles. The topological polar surface area (TPSA) is 96.5 Å². The lowest BCUT2D eigenvalue weighted by molar-refractivity contribution is -0.115. The van der Waals surface area contributed by atoms with Gasteiger partial charge >= 0.3 is 0 Å². The molecule has 3 N–H and O–H groups in total. The van der Waals surface area contributed by atoms with Crippen LogP contribution >= 0.6 is 12.2 Å². The van der Waals surface area contributed by atoms with Gasteiger partial charge in [0.05, 0.1) is 12.0 Å². The molecule has 2 aromatic carbocycles. The fraction of sp³-hybridized carbons (Fsp3) is 0.200. The van der Waals surface area contributed by atoms with E-state index in [1.54, 1.807) is 51.3 Å². The summed E-state index contributed by atoms with van der Waals surface area (Å²) in [4.78, 5) is 12.1. The minimum atomic E-state index is -3.56. The van der Waals surface area contributed by atoms with Crippen molar-refractivity contribution in [1.29, 1.82) is 0 Å². The third kappa shape index (κ3) is 7.30. The number of nitrogens with one attached hydrogen (secondary N) is 3. The van der Waals surface area contributed by atoms with Crippen molar-refractivity contribution in [3.8, 4) is 5.75 Å². The van der Waals surface area contributed by atoms with E-state index in [2.05, 4.69) is 15.4 Å². The molecule has 0 aliphatic rings. The fourth-order valence-electron chi connectivity index (χ4n) is 2.30. The lowest BCUT2D eigenvalue weighted by Gasteiger charge is -2.11. The van der Waals surface area contributed by atoms with E-state index in [9.17, 15) is 13.2 Å². The number of thiocarbonyl (C=S) groups is 1. The van der Waals surface area contributed by atoms with Crippen LogP contribution < -0.4 is 20.1 Å². The Morgan fingerprint density at radius 2 is 1.69 bits per heavy atom. The third-order valence-electron chi connectivity index (χ3n) is 3.59. The number of methoxy groups -OCH3 is 1. The van der Waals surface area contributed by atoms with Crippen molar-refractivity contribution in [3.05, 3.63) is 60.2 Å². The number of hydrogen-bond acceptors (Lipinski definition) is 5. The second kappa shape index (κ2) is 10.1. The van der Waals surface area contributed by atoms with Gasteiger partial charge in [0.2, 0.25) is 15.9 Å². The Morgan fingerprint density at radius 3 is 2.24 bits per heavy atom. The second-order valence-corrected chi connectivity index (χ2v) is 8.47. The highest BCUT2D eigenvalue weighted by Crippen LogP contribution is 2.15. The van der Waals surface area contributed by atoms with Crippen molar-refractivity contribution >= 4 is 45.0 Å². The van der Waals surface area contributed by atoms with Crippen molar-refractivity contribution in [2.24, 2.45) is 0 Å². The van der Waals surface area contributed by atoms with E-state index < -0.39 is 15.9 Å². The maximum absolute atomic E-state index is 12.1. The average molecular weight is 434 g/mol. The van der Waals surface area contributed by atoms with E-state index in [0.717, 1.165) is 11.3 Å². The number of amides is 1. The molecule has 29 heavy (non-hydrogen) atoms. The molecule has 0 fully saturated rings. The summed E-state index contributed by atoms with van der Waals surface area (Å²) in [5.41, 5.74) is 1.39. The van der Waals surface area contributed by atoms with Crippen LogP contribution in [-0.2, 0) is 14.8 Å². The molecule has 0 radical (unpaired) electrons. The van der Waals surface area contributed by atoms with Crippen LogP contribution in [0.25, 0.3) is 6.08 Å². The van der Waals surface area contributed by atoms with E-state index in [1.165, 1.54) is 18.2 Å². The summed E-state index contributed by atoms with van der Waals surface area (Å²) in [6.45, 7) is 3.50. The number of carbonyl (C=O) groups is 1. The van der Waals surface area contributed by atoms with Gasteiger partial charge in [-0.3, -0.25) is 10.1 Å². The van der Waals surface area contributed by atoms with Crippen LogP contribution in [0.2, 0.25) is 0 Å². The summed E-state index contributed by atoms with van der Waals surface area (Å²) >= 11 is 5.12. The van der Waals surface area contributed by atoms with Gasteiger partial charge in [0, 0.05) is 17.8 Å². The zero-order valence-electron chi connectivity index (χ0n) is 16.3. The quantitative estimate of drug-likeness (QED) is 0.459. The predicted molar refractivity (Wildman–Crippen MR) is 118 cm³/mol. The SMILES string of the molecule is COc1ccc(C=CC(=O)NC(=S)Nc2ccc(S(=O)(=O)NC(C)C)cc2)cc1. The summed E-state index contributed by atoms with van der Waals surface area (Å²) in [6.07, 6.45) is 3.02. The number of sulfonamides is 1. The van der Waals surface area contributed by atoms with Gasteiger partial charge in [-0.15, -0.1) is 0 Å². The zero-order chi connectivity index (χ0) is 21.4. The van der Waals surface area contributed by atoms with Gasteiger partial charge in [-0.2, -0.15) is 0 Å². The Morgan fingerprint density at radius 1 is 1.07 bits per heavy atom. The molecular formula is C20H23N3O4S2. The van der Waals surface area contributed by atoms with Crippen LogP contribution in [0.5, 0.6) is 5.75 Å². The number of carbonyl (C=O) groups excluding carboxylic acids is 1. The highest BCUT2D eigenvalue weighted by Gasteiger charge is 2.15. The van der Waals surface area contributed by atoms with Crippen LogP contribution in [0.4, 0.5) is 5.69 Å². The van der Waals surface area contributed by atoms with E-state index in [4.69, 9.17) is 17.0 Å². The lowest BCUT2D eigenvalue weighted by atomic mass is 10.2. The van der Waals surface area contributed by atoms with Gasteiger partial charge in [-0.1, -0.05) is 12.1 Å². The number of anilines is 1. The molecule has 0 atom stereocenters. The van der Waals surface area contributed by atoms with Crippen LogP contribution in [0.1, 0.15) is 19.4 Å². The van der Waals surface area contributed by atoms with Crippen molar-refractivity contribution < 1.29 is 17.9 Å². The van der Waals surface area contributed by atoms with E-state index in [-0.39, 0.29) is 16.0 Å². The monoisotopic (exact) mass is 433 g/mol. The molecule has 0 bridgehead atoms. The molecule has 0 spiro atoms. The molecule has 0 aromatic heterocycles. The Hall–Kier alpha value is -2.75. The number of benzene rings is 2. The molecule has 1 amide bonds. The summed E-state index contributed by atoms with van der Waals surface area (Å²) < 4.78 is 31.8. The fourth-order valence-corrected chi connectivity index (χ4v) is 3.77. The Kier molecular flexibility index (Phi) is 7.89. The molecule has 0 aliphatic carbocycles. The highest BCUT2D eigenvalue weighted by molar-refractivity contribution is 7.89. The molecule has 0 saturated heterocycles. The molecule has 0 saturated carbocycles. The Bertz CT molecular complexity index is 983. The zero-order valence-corrected chi connectivity index (χ0v) is 17.9. The number of hydrogen-bond donors (Lipinski definition) is 3. The minimum absolute atomic E-state index is 0.102.